The van der Waals surface area contributed by atoms with Gasteiger partial charge in [-0.3, -0.25) is 0 Å². The van der Waals surface area contributed by atoms with Crippen LogP contribution in [0.5, 0.6) is 23.0 Å². The Labute approximate surface area is 759 Å². The molecule has 0 aromatic heterocycles. The van der Waals surface area contributed by atoms with E-state index in [0.717, 1.165) is 150 Å². The summed E-state index contributed by atoms with van der Waals surface area (Å²) in [5.74, 6) is 2.95. The van der Waals surface area contributed by atoms with Gasteiger partial charge in [-0.15, -0.1) is 0 Å². The van der Waals surface area contributed by atoms with E-state index in [4.69, 9.17) is 27.8 Å². The predicted octanol–water partition coefficient (Wildman–Crippen LogP) is 33.9. The van der Waals surface area contributed by atoms with Crippen LogP contribution in [0.15, 0.2) is 109 Å². The summed E-state index contributed by atoms with van der Waals surface area (Å²) < 4.78 is 40.1. The molecule has 0 fully saturated rings. The standard InChI is InChI=1S/C116H156O6Si2/c1-15-19-23-27-31-35-39-43-47-55-73-117-111-89-97-59-51-52-60-98-80-106(94-112(90-98)118-74-56-48-44-40-36-32-28-24-20-16-2)69-65-103-84-104(88-110(87-103)72-78-122-124(13,14)116(8,9)10)66-70-108-82-100(92-114(96-108)120-76-58-50-46-42-38-34-30-26-22-18-4)62-54-53-61-99-81-107(95-113(91-99)119-75-57-49-45-41-37-33-29-25-21-17-3)68-64-102-83-101(63-67-105(79-97)93-111)85-109(86-102)71-77-121-123(11,12)115(5,6)7/h79-96H,15-50,55-58,71-78H2,1-14H3. The molecule has 124 heavy (non-hydrogen) atoms. The molecule has 0 spiro atoms. The fourth-order valence-corrected chi connectivity index (χ4v) is 16.7. The third-order valence-corrected chi connectivity index (χ3v) is 33.4. The van der Waals surface area contributed by atoms with Crippen molar-refractivity contribution < 1.29 is 27.8 Å². The summed E-state index contributed by atoms with van der Waals surface area (Å²) in [6.45, 7) is 35.8. The van der Waals surface area contributed by atoms with Crippen LogP contribution in [0, 0.1) is 97.1 Å². The molecule has 0 saturated heterocycles. The molecule has 0 aliphatic rings. The topological polar surface area (TPSA) is 55.4 Å². The fraction of sp³-hybridized carbons (Fsp3) is 0.552. The summed E-state index contributed by atoms with van der Waals surface area (Å²) in [7, 11) is -4.08. The van der Waals surface area contributed by atoms with Crippen LogP contribution in [-0.2, 0) is 21.7 Å². The van der Waals surface area contributed by atoms with Crippen LogP contribution in [-0.4, -0.2) is 56.3 Å². The highest BCUT2D eigenvalue weighted by atomic mass is 28.4. The van der Waals surface area contributed by atoms with E-state index in [1.54, 1.807) is 0 Å². The van der Waals surface area contributed by atoms with Gasteiger partial charge in [0.05, 0.1) is 26.4 Å². The molecule has 12 bridgehead atoms. The van der Waals surface area contributed by atoms with Crippen LogP contribution in [0.1, 0.15) is 337 Å². The van der Waals surface area contributed by atoms with Crippen molar-refractivity contribution in [2.45, 2.75) is 375 Å². The summed E-state index contributed by atoms with van der Waals surface area (Å²) in [5, 5.41) is 9.81. The first-order chi connectivity index (χ1) is 60.1. The molecule has 0 unspecified atom stereocenters. The first-order valence-electron chi connectivity index (χ1n) is 48.9. The molecular formula is C116H156O6Si2. The molecule has 7 aromatic carbocycles. The lowest BCUT2D eigenvalue weighted by Gasteiger charge is -2.36. The van der Waals surface area contributed by atoms with E-state index in [1.807, 2.05) is 72.8 Å². The van der Waals surface area contributed by atoms with Crippen molar-refractivity contribution in [2.75, 3.05) is 39.6 Å². The Kier molecular flexibility index (Phi) is 49.0. The van der Waals surface area contributed by atoms with Crippen molar-refractivity contribution in [3.63, 3.8) is 0 Å². The Morgan fingerprint density at radius 3 is 0.540 bits per heavy atom. The number of hydrogen-bond acceptors (Lipinski definition) is 6. The molecule has 7 rings (SSSR count). The van der Waals surface area contributed by atoms with Crippen molar-refractivity contribution in [3.05, 3.63) is 217 Å². The number of benzene rings is 6. The molecule has 0 atom stereocenters. The lowest BCUT2D eigenvalue weighted by molar-refractivity contribution is 0.292. The first kappa shape index (κ1) is 102. The van der Waals surface area contributed by atoms with E-state index in [2.05, 4.69) is 229 Å². The maximum atomic E-state index is 6.81. The zero-order valence-electron chi connectivity index (χ0n) is 79.8. The van der Waals surface area contributed by atoms with E-state index in [9.17, 15) is 0 Å². The molecule has 0 heterocycles. The van der Waals surface area contributed by atoms with Gasteiger partial charge in [-0.05, 0) is 219 Å². The zero-order chi connectivity index (χ0) is 88.6. The van der Waals surface area contributed by atoms with Crippen LogP contribution in [0.2, 0.25) is 36.3 Å². The minimum atomic E-state index is -2.04. The van der Waals surface area contributed by atoms with Gasteiger partial charge in [0.15, 0.2) is 16.6 Å². The Bertz CT molecular complexity index is 4030. The van der Waals surface area contributed by atoms with E-state index in [1.165, 1.54) is 205 Å². The van der Waals surface area contributed by atoms with Gasteiger partial charge in [0.2, 0.25) is 0 Å². The van der Waals surface area contributed by atoms with Crippen LogP contribution in [0.25, 0.3) is 64.6 Å². The molecule has 6 nitrogen and oxygen atoms in total. The van der Waals surface area contributed by atoms with Crippen molar-refractivity contribution >= 4 is 81.3 Å². The molecule has 7 aromatic rings. The summed E-state index contributed by atoms with van der Waals surface area (Å²) in [5.41, 5.74) is 2.21. The van der Waals surface area contributed by atoms with Crippen LogP contribution >= 0.6 is 0 Å². The van der Waals surface area contributed by atoms with Crippen molar-refractivity contribution in [1.82, 2.24) is 0 Å². The third kappa shape index (κ3) is 43.5. The van der Waals surface area contributed by atoms with Crippen molar-refractivity contribution in [1.29, 1.82) is 0 Å². The van der Waals surface area contributed by atoms with Gasteiger partial charge in [0.1, 0.15) is 23.0 Å². The summed E-state index contributed by atoms with van der Waals surface area (Å²) in [6, 6.07) is 92.7. The Morgan fingerprint density at radius 1 is 0.202 bits per heavy atom. The largest absolute Gasteiger partial charge is 0.494 e. The van der Waals surface area contributed by atoms with Gasteiger partial charge in [-0.2, -0.15) is 0 Å². The monoisotopic (exact) mass is 1700 g/mol. The summed E-state index contributed by atoms with van der Waals surface area (Å²) >= 11 is 0. The Morgan fingerprint density at radius 2 is 0.363 bits per heavy atom. The second-order valence-corrected chi connectivity index (χ2v) is 47.3. The molecular weight excluding hydrogens is 1550 g/mol. The number of ether oxygens (including phenoxy) is 4. The number of fused-ring (bicyclic) bond motifs is 12. The fourth-order valence-electron chi connectivity index (χ4n) is 14.7. The second kappa shape index (κ2) is 59.3. The number of rotatable bonds is 56. The lowest BCUT2D eigenvalue weighted by Crippen LogP contribution is -2.41. The highest BCUT2D eigenvalue weighted by Crippen LogP contribution is 2.38. The molecule has 0 aliphatic heterocycles. The quantitative estimate of drug-likeness (QED) is 0.0280. The Hall–Kier alpha value is -8.65. The van der Waals surface area contributed by atoms with Crippen molar-refractivity contribution in [2.24, 2.45) is 0 Å². The first-order valence-corrected chi connectivity index (χ1v) is 54.7. The molecule has 664 valence electrons. The highest BCUT2D eigenvalue weighted by Gasteiger charge is 2.38. The SMILES string of the molecule is CCCCCCCCCCCCOc1cc2c#cc#cc3cc(OCCCCCCCCCCCC)cc(c#cc4cc(CCO[Si](C)(C)C(C)(C)C)cc(c#cc5cc(OCCCCCCCCCCCC)cc(c#cc#cc6cc(OCCCCCCCCCCCC)cc(c#cc7cc(CCO[Si](C)(C)C(C)(C)C)cc(c#cc(c1)c2)c7)c6)c5)c4)c3. The van der Waals surface area contributed by atoms with E-state index < -0.39 is 16.6 Å². The average Bonchev–Trinajstić information content (AvgIpc) is 0.840. The average molecular weight is 1700 g/mol. The maximum absolute atomic E-state index is 6.81. The van der Waals surface area contributed by atoms with Crippen LogP contribution < -0.4 is 18.9 Å². The van der Waals surface area contributed by atoms with Gasteiger partial charge in [0.25, 0.3) is 0 Å². The predicted molar refractivity (Wildman–Crippen MR) is 533 cm³/mol. The highest BCUT2D eigenvalue weighted by molar-refractivity contribution is 6.74. The minimum Gasteiger partial charge on any atom is -0.494 e. The van der Waals surface area contributed by atoms with E-state index >= 15 is 0 Å². The summed E-state index contributed by atoms with van der Waals surface area (Å²) in [6.07, 6.45) is 51.5. The third-order valence-electron chi connectivity index (χ3n) is 24.4. The lowest BCUT2D eigenvalue weighted by atomic mass is 10.1. The van der Waals surface area contributed by atoms with Crippen LogP contribution in [0.3, 0.4) is 0 Å². The zero-order valence-corrected chi connectivity index (χ0v) is 81.8. The molecule has 0 saturated carbocycles. The van der Waals surface area contributed by atoms with Gasteiger partial charge in [0, 0.05) is 77.8 Å². The molecule has 0 amide bonds. The van der Waals surface area contributed by atoms with Crippen molar-refractivity contribution in [3.8, 4) is 23.0 Å². The number of unbranched alkanes of at least 4 members (excludes halogenated alkanes) is 36. The minimum absolute atomic E-state index is 0.0744. The van der Waals surface area contributed by atoms with E-state index in [0.29, 0.717) is 52.5 Å². The summed E-state index contributed by atoms with van der Waals surface area (Å²) in [4.78, 5) is 0. The van der Waals surface area contributed by atoms with Gasteiger partial charge in [-0.25, -0.2) is 0 Å². The molecule has 0 radical (unpaired) electrons. The van der Waals surface area contributed by atoms with Gasteiger partial charge >= 0.3 is 0 Å². The second-order valence-electron chi connectivity index (χ2n) is 37.7. The smallest absolute Gasteiger partial charge is 0.191 e. The normalized spacial score (nSPS) is 11.3. The molecule has 8 heteroatoms. The van der Waals surface area contributed by atoms with E-state index in [-0.39, 0.29) is 10.1 Å². The Balaban J connectivity index is 1.41. The molecule has 0 N–H and O–H groups in total. The van der Waals surface area contributed by atoms with Gasteiger partial charge in [-0.1, -0.05) is 373 Å². The number of hydrogen-bond donors (Lipinski definition) is 0. The van der Waals surface area contributed by atoms with Crippen LogP contribution in [0.4, 0.5) is 0 Å². The molecule has 0 aliphatic carbocycles. The van der Waals surface area contributed by atoms with Gasteiger partial charge < -0.3 is 27.8 Å². The maximum Gasteiger partial charge on any atom is 0.191 e.